The van der Waals surface area contributed by atoms with Gasteiger partial charge in [0.25, 0.3) is 11.8 Å². The molecule has 2 heterocycles. The number of nitrogens with zero attached hydrogens (tertiary/aromatic N) is 2. The summed E-state index contributed by atoms with van der Waals surface area (Å²) in [6.45, 7) is 6.77. The number of fused-ring (bicyclic) bond motifs is 4. The second kappa shape index (κ2) is 9.91. The van der Waals surface area contributed by atoms with E-state index in [4.69, 9.17) is 4.42 Å². The predicted molar refractivity (Wildman–Crippen MR) is 155 cm³/mol. The lowest BCUT2D eigenvalue weighted by Crippen LogP contribution is -2.22. The van der Waals surface area contributed by atoms with Crippen molar-refractivity contribution in [1.82, 2.24) is 9.99 Å². The largest absolute Gasteiger partial charge is 0.455 e. The average Bonchev–Trinajstić information content (AvgIpc) is 3.46. The molecule has 0 aliphatic heterocycles. The number of carbonyl (C=O) groups excluding carboxylic acids is 2. The van der Waals surface area contributed by atoms with Crippen LogP contribution in [0.15, 0.2) is 76.2 Å². The molecule has 196 valence electrons. The van der Waals surface area contributed by atoms with Gasteiger partial charge >= 0.3 is 0 Å². The third-order valence-electron chi connectivity index (χ3n) is 7.56. The van der Waals surface area contributed by atoms with Crippen LogP contribution >= 0.6 is 0 Å². The van der Waals surface area contributed by atoms with Gasteiger partial charge in [-0.15, -0.1) is 0 Å². The van der Waals surface area contributed by atoms with E-state index in [0.717, 1.165) is 63.8 Å². The first-order chi connectivity index (χ1) is 19.0. The average molecular weight is 519 g/mol. The fraction of sp³-hybridized carbons (Fsp3) is 0.219. The Balaban J connectivity index is 1.28. The number of anilines is 1. The van der Waals surface area contributed by atoms with Crippen LogP contribution in [-0.2, 0) is 13.0 Å². The molecule has 2 amide bonds. The Bertz CT molecular complexity index is 1790. The monoisotopic (exact) mass is 518 g/mol. The van der Waals surface area contributed by atoms with E-state index in [0.29, 0.717) is 17.7 Å². The van der Waals surface area contributed by atoms with Gasteiger partial charge in [0.2, 0.25) is 0 Å². The van der Waals surface area contributed by atoms with E-state index >= 15 is 0 Å². The molecular weight excluding hydrogens is 488 g/mol. The van der Waals surface area contributed by atoms with Crippen LogP contribution in [0.1, 0.15) is 63.1 Å². The minimum absolute atomic E-state index is 0.258. The molecule has 1 aliphatic rings. The third-order valence-corrected chi connectivity index (χ3v) is 7.56. The number of aromatic nitrogens is 1. The molecule has 0 saturated carbocycles. The fourth-order valence-corrected chi connectivity index (χ4v) is 5.66. The Morgan fingerprint density at radius 2 is 1.69 bits per heavy atom. The number of furan rings is 1. The molecule has 0 fully saturated rings. The molecule has 0 atom stereocenters. The van der Waals surface area contributed by atoms with Gasteiger partial charge in [0.05, 0.1) is 5.71 Å². The van der Waals surface area contributed by atoms with Crippen molar-refractivity contribution in [3.8, 4) is 0 Å². The molecule has 3 aromatic carbocycles. The standard InChI is InChI=1S/C32H30N4O3/c1-4-36-26-14-8-7-12-23(26)24-18-21(16-17-27(24)36)33-32(38)30-20(3)29-25(13-9-15-28(29)39-30)34-35-31(37)22-11-6-5-10-19(22)2/h5-8,10-12,14,16-18H,4,9,13,15H2,1-3H3,(H,33,38)(H,35,37)/b34-25+. The highest BCUT2D eigenvalue weighted by atomic mass is 16.4. The number of rotatable bonds is 5. The maximum Gasteiger partial charge on any atom is 0.291 e. The van der Waals surface area contributed by atoms with Gasteiger partial charge < -0.3 is 14.3 Å². The van der Waals surface area contributed by atoms with Crippen molar-refractivity contribution in [3.05, 3.63) is 101 Å². The Morgan fingerprint density at radius 1 is 0.923 bits per heavy atom. The maximum atomic E-state index is 13.4. The van der Waals surface area contributed by atoms with Crippen LogP contribution in [0.4, 0.5) is 5.69 Å². The van der Waals surface area contributed by atoms with Crippen molar-refractivity contribution >= 4 is 45.0 Å². The maximum absolute atomic E-state index is 13.4. The van der Waals surface area contributed by atoms with E-state index in [1.54, 1.807) is 6.07 Å². The number of para-hydroxylation sites is 1. The first kappa shape index (κ1) is 24.7. The minimum atomic E-state index is -0.302. The molecule has 7 heteroatoms. The number of benzene rings is 3. The fourth-order valence-electron chi connectivity index (χ4n) is 5.66. The second-order valence-corrected chi connectivity index (χ2v) is 9.97. The van der Waals surface area contributed by atoms with Gasteiger partial charge in [0.1, 0.15) is 5.76 Å². The molecule has 0 radical (unpaired) electrons. The van der Waals surface area contributed by atoms with E-state index in [2.05, 4.69) is 45.5 Å². The highest BCUT2D eigenvalue weighted by Crippen LogP contribution is 2.33. The van der Waals surface area contributed by atoms with Crippen molar-refractivity contribution in [2.75, 3.05) is 5.32 Å². The third kappa shape index (κ3) is 4.30. The van der Waals surface area contributed by atoms with Crippen LogP contribution < -0.4 is 10.7 Å². The summed E-state index contributed by atoms with van der Waals surface area (Å²) >= 11 is 0. The van der Waals surface area contributed by atoms with Crippen molar-refractivity contribution in [2.45, 2.75) is 46.6 Å². The Labute approximate surface area is 226 Å². The summed E-state index contributed by atoms with van der Waals surface area (Å²) in [4.78, 5) is 26.1. The summed E-state index contributed by atoms with van der Waals surface area (Å²) in [5, 5.41) is 9.74. The smallest absolute Gasteiger partial charge is 0.291 e. The molecule has 6 rings (SSSR count). The van der Waals surface area contributed by atoms with Crippen LogP contribution in [0.2, 0.25) is 0 Å². The zero-order valence-corrected chi connectivity index (χ0v) is 22.3. The van der Waals surface area contributed by atoms with Crippen molar-refractivity contribution in [1.29, 1.82) is 0 Å². The van der Waals surface area contributed by atoms with E-state index in [1.807, 2.05) is 56.3 Å². The molecule has 5 aromatic rings. The normalized spacial score (nSPS) is 14.1. The lowest BCUT2D eigenvalue weighted by atomic mass is 9.93. The predicted octanol–water partition coefficient (Wildman–Crippen LogP) is 6.75. The van der Waals surface area contributed by atoms with Crippen LogP contribution in [0, 0.1) is 13.8 Å². The van der Waals surface area contributed by atoms with Crippen molar-refractivity contribution in [3.63, 3.8) is 0 Å². The minimum Gasteiger partial charge on any atom is -0.455 e. The Hall–Kier alpha value is -4.65. The number of hydrazone groups is 1. The highest BCUT2D eigenvalue weighted by molar-refractivity contribution is 6.12. The van der Waals surface area contributed by atoms with Gasteiger partial charge in [-0.3, -0.25) is 9.59 Å². The van der Waals surface area contributed by atoms with Gasteiger partial charge in [0.15, 0.2) is 5.76 Å². The van der Waals surface area contributed by atoms with E-state index in [-0.39, 0.29) is 17.6 Å². The first-order valence-corrected chi connectivity index (χ1v) is 13.3. The topological polar surface area (TPSA) is 88.6 Å². The molecule has 0 bridgehead atoms. The first-order valence-electron chi connectivity index (χ1n) is 13.3. The summed E-state index contributed by atoms with van der Waals surface area (Å²) in [6, 6.07) is 21.7. The second-order valence-electron chi connectivity index (χ2n) is 9.97. The number of nitrogens with one attached hydrogen (secondary N) is 2. The Kier molecular flexibility index (Phi) is 6.27. The van der Waals surface area contributed by atoms with Gasteiger partial charge in [0, 0.05) is 57.1 Å². The summed E-state index contributed by atoms with van der Waals surface area (Å²) in [6.07, 6.45) is 2.25. The number of carbonyl (C=O) groups is 2. The summed E-state index contributed by atoms with van der Waals surface area (Å²) < 4.78 is 8.36. The molecule has 0 unspecified atom stereocenters. The SMILES string of the molecule is CCn1c2ccccc2c2cc(NC(=O)c3oc4c(c3C)/C(=N/NC(=O)c3ccccc3C)CCC4)ccc21. The molecular formula is C32H30N4O3. The molecule has 2 N–H and O–H groups in total. The Morgan fingerprint density at radius 3 is 2.51 bits per heavy atom. The van der Waals surface area contributed by atoms with Crippen molar-refractivity contribution < 1.29 is 14.0 Å². The van der Waals surface area contributed by atoms with E-state index in [1.165, 1.54) is 5.52 Å². The number of aryl methyl sites for hydroxylation is 3. The zero-order chi connectivity index (χ0) is 27.1. The lowest BCUT2D eigenvalue weighted by molar-refractivity contribution is 0.0952. The van der Waals surface area contributed by atoms with E-state index < -0.39 is 0 Å². The molecule has 0 saturated heterocycles. The molecule has 7 nitrogen and oxygen atoms in total. The van der Waals surface area contributed by atoms with Gasteiger partial charge in [-0.1, -0.05) is 36.4 Å². The van der Waals surface area contributed by atoms with Gasteiger partial charge in [-0.05, 0) is 69.5 Å². The summed E-state index contributed by atoms with van der Waals surface area (Å²) in [5.41, 5.74) is 9.46. The van der Waals surface area contributed by atoms with Gasteiger partial charge in [-0.25, -0.2) is 5.43 Å². The molecule has 39 heavy (non-hydrogen) atoms. The van der Waals surface area contributed by atoms with E-state index in [9.17, 15) is 9.59 Å². The van der Waals surface area contributed by atoms with Crippen LogP contribution in [0.3, 0.4) is 0 Å². The van der Waals surface area contributed by atoms with Gasteiger partial charge in [-0.2, -0.15) is 5.10 Å². The van der Waals surface area contributed by atoms with Crippen LogP contribution in [-0.4, -0.2) is 22.1 Å². The quantitative estimate of drug-likeness (QED) is 0.252. The summed E-state index contributed by atoms with van der Waals surface area (Å²) in [5.74, 6) is 0.445. The highest BCUT2D eigenvalue weighted by Gasteiger charge is 2.28. The lowest BCUT2D eigenvalue weighted by Gasteiger charge is -2.13. The van der Waals surface area contributed by atoms with Crippen molar-refractivity contribution in [2.24, 2.45) is 5.10 Å². The van der Waals surface area contributed by atoms with Crippen LogP contribution in [0.25, 0.3) is 21.8 Å². The molecule has 1 aliphatic carbocycles. The summed E-state index contributed by atoms with van der Waals surface area (Å²) in [7, 11) is 0. The number of amides is 2. The van der Waals surface area contributed by atoms with Crippen LogP contribution in [0.5, 0.6) is 0 Å². The number of hydrogen-bond acceptors (Lipinski definition) is 4. The number of hydrogen-bond donors (Lipinski definition) is 2. The zero-order valence-electron chi connectivity index (χ0n) is 22.3. The molecule has 0 spiro atoms. The molecule has 2 aromatic heterocycles.